The number of rotatable bonds is 7. The summed E-state index contributed by atoms with van der Waals surface area (Å²) in [5.74, 6) is 0.356. The molecule has 0 aromatic heterocycles. The van der Waals surface area contributed by atoms with Crippen molar-refractivity contribution >= 4 is 23.5 Å². The Balaban J connectivity index is 0.00000191. The average molecular weight is 310 g/mol. The van der Waals surface area contributed by atoms with Crippen molar-refractivity contribution in [3.63, 3.8) is 0 Å². The summed E-state index contributed by atoms with van der Waals surface area (Å²) in [5.41, 5.74) is 0. The minimum absolute atomic E-state index is 0.00559. The summed E-state index contributed by atoms with van der Waals surface area (Å²) in [6.07, 6.45) is 9.40. The summed E-state index contributed by atoms with van der Waals surface area (Å²) < 4.78 is 0. The van der Waals surface area contributed by atoms with E-state index in [0.29, 0.717) is 12.3 Å². The SMILES string of the molecule is CC.CNCCNC(=O)C1C=CC=C(SCC(C)=O)C=C1. The van der Waals surface area contributed by atoms with Crippen LogP contribution in [0.2, 0.25) is 0 Å². The van der Waals surface area contributed by atoms with E-state index in [4.69, 9.17) is 0 Å². The molecule has 0 heterocycles. The lowest BCUT2D eigenvalue weighted by molar-refractivity contribution is -0.122. The van der Waals surface area contributed by atoms with Gasteiger partial charge in [-0.05, 0) is 20.0 Å². The molecule has 0 saturated heterocycles. The van der Waals surface area contributed by atoms with Crippen LogP contribution in [0, 0.1) is 5.92 Å². The number of nitrogens with one attached hydrogen (secondary N) is 2. The number of amides is 1. The van der Waals surface area contributed by atoms with E-state index in [1.54, 1.807) is 6.92 Å². The zero-order valence-corrected chi connectivity index (χ0v) is 14.1. The highest BCUT2D eigenvalue weighted by molar-refractivity contribution is 8.03. The maximum absolute atomic E-state index is 11.9. The van der Waals surface area contributed by atoms with E-state index in [-0.39, 0.29) is 17.6 Å². The largest absolute Gasteiger partial charge is 0.354 e. The van der Waals surface area contributed by atoms with Gasteiger partial charge in [-0.1, -0.05) is 38.2 Å². The van der Waals surface area contributed by atoms with Crippen molar-refractivity contribution in [2.45, 2.75) is 20.8 Å². The number of Topliss-reactive ketones (excluding diaryl/α,β-unsaturated/α-hetero) is 1. The second-order valence-electron chi connectivity index (χ2n) is 4.22. The van der Waals surface area contributed by atoms with Gasteiger partial charge in [0.25, 0.3) is 0 Å². The summed E-state index contributed by atoms with van der Waals surface area (Å²) in [7, 11) is 1.85. The Kier molecular flexibility index (Phi) is 11.6. The van der Waals surface area contributed by atoms with E-state index < -0.39 is 0 Å². The van der Waals surface area contributed by atoms with Crippen molar-refractivity contribution in [3.05, 3.63) is 35.3 Å². The first-order chi connectivity index (χ1) is 10.1. The van der Waals surface area contributed by atoms with Gasteiger partial charge in [0.1, 0.15) is 5.78 Å². The van der Waals surface area contributed by atoms with Gasteiger partial charge in [0.15, 0.2) is 0 Å². The highest BCUT2D eigenvalue weighted by Crippen LogP contribution is 2.21. The van der Waals surface area contributed by atoms with Gasteiger partial charge in [-0.2, -0.15) is 0 Å². The molecule has 0 aliphatic heterocycles. The number of likely N-dealkylation sites (N-methyl/N-ethyl adjacent to an activating group) is 1. The topological polar surface area (TPSA) is 58.2 Å². The minimum atomic E-state index is -0.247. The van der Waals surface area contributed by atoms with Crippen molar-refractivity contribution in [1.29, 1.82) is 0 Å². The molecule has 0 saturated carbocycles. The third kappa shape index (κ3) is 9.26. The molecule has 5 heteroatoms. The van der Waals surface area contributed by atoms with Crippen LogP contribution in [0.3, 0.4) is 0 Å². The molecule has 1 aliphatic rings. The van der Waals surface area contributed by atoms with Gasteiger partial charge < -0.3 is 10.6 Å². The molecular weight excluding hydrogens is 284 g/mol. The fourth-order valence-corrected chi connectivity index (χ4v) is 2.19. The third-order valence-electron chi connectivity index (χ3n) is 2.47. The van der Waals surface area contributed by atoms with Gasteiger partial charge in [0, 0.05) is 18.0 Å². The fraction of sp³-hybridized carbons (Fsp3) is 0.500. The second-order valence-corrected chi connectivity index (χ2v) is 5.27. The summed E-state index contributed by atoms with van der Waals surface area (Å²) >= 11 is 1.49. The van der Waals surface area contributed by atoms with E-state index in [0.717, 1.165) is 11.4 Å². The number of ketones is 1. The Morgan fingerprint density at radius 3 is 2.57 bits per heavy atom. The fourth-order valence-electron chi connectivity index (χ4n) is 1.47. The highest BCUT2D eigenvalue weighted by Gasteiger charge is 2.12. The average Bonchev–Trinajstić information content (AvgIpc) is 2.73. The maximum Gasteiger partial charge on any atom is 0.230 e. The molecule has 4 nitrogen and oxygen atoms in total. The highest BCUT2D eigenvalue weighted by atomic mass is 32.2. The number of hydrogen-bond donors (Lipinski definition) is 2. The zero-order chi connectivity index (χ0) is 16.1. The lowest BCUT2D eigenvalue weighted by Crippen LogP contribution is -2.33. The van der Waals surface area contributed by atoms with Gasteiger partial charge in [0.2, 0.25) is 5.91 Å². The molecular formula is C16H26N2O2S. The van der Waals surface area contributed by atoms with E-state index in [2.05, 4.69) is 10.6 Å². The van der Waals surface area contributed by atoms with Crippen molar-refractivity contribution in [2.24, 2.45) is 5.92 Å². The van der Waals surface area contributed by atoms with Crippen molar-refractivity contribution in [2.75, 3.05) is 25.9 Å². The standard InChI is InChI=1S/C14H20N2O2S.C2H6/c1-11(17)10-19-13-5-3-4-12(6-7-13)14(18)16-9-8-15-2;1-2/h3-7,12,15H,8-10H2,1-2H3,(H,16,18);1-2H3. The Bertz CT molecular complexity index is 415. The van der Waals surface area contributed by atoms with Gasteiger partial charge in [0.05, 0.1) is 11.7 Å². The van der Waals surface area contributed by atoms with Gasteiger partial charge >= 0.3 is 0 Å². The molecule has 0 aromatic rings. The second kappa shape index (κ2) is 12.4. The molecule has 1 unspecified atom stereocenters. The lowest BCUT2D eigenvalue weighted by Gasteiger charge is -2.08. The smallest absolute Gasteiger partial charge is 0.230 e. The molecule has 1 rings (SSSR count). The van der Waals surface area contributed by atoms with Crippen LogP contribution in [0.4, 0.5) is 0 Å². The first kappa shape index (κ1) is 19.7. The van der Waals surface area contributed by atoms with Crippen LogP contribution in [-0.4, -0.2) is 37.6 Å². The van der Waals surface area contributed by atoms with Crippen LogP contribution in [0.25, 0.3) is 0 Å². The molecule has 118 valence electrons. The predicted octanol–water partition coefficient (Wildman–Crippen LogP) is 2.30. The summed E-state index contributed by atoms with van der Waals surface area (Å²) in [4.78, 5) is 23.8. The molecule has 0 fully saturated rings. The summed E-state index contributed by atoms with van der Waals surface area (Å²) in [6, 6.07) is 0. The van der Waals surface area contributed by atoms with E-state index in [1.165, 1.54) is 11.8 Å². The molecule has 0 radical (unpaired) electrons. The van der Waals surface area contributed by atoms with E-state index in [1.807, 2.05) is 51.3 Å². The van der Waals surface area contributed by atoms with Gasteiger partial charge in [-0.25, -0.2) is 0 Å². The molecule has 0 spiro atoms. The van der Waals surface area contributed by atoms with Crippen LogP contribution in [0.15, 0.2) is 35.3 Å². The molecule has 21 heavy (non-hydrogen) atoms. The normalized spacial score (nSPS) is 16.4. The van der Waals surface area contributed by atoms with Crippen LogP contribution in [0.1, 0.15) is 20.8 Å². The van der Waals surface area contributed by atoms with Crippen molar-refractivity contribution in [1.82, 2.24) is 10.6 Å². The number of hydrogen-bond acceptors (Lipinski definition) is 4. The Morgan fingerprint density at radius 1 is 1.24 bits per heavy atom. The Labute approximate surface area is 132 Å². The van der Waals surface area contributed by atoms with Crippen LogP contribution < -0.4 is 10.6 Å². The third-order valence-corrected chi connectivity index (χ3v) is 3.62. The monoisotopic (exact) mass is 310 g/mol. The number of thioether (sulfide) groups is 1. The Morgan fingerprint density at radius 2 is 1.95 bits per heavy atom. The summed E-state index contributed by atoms with van der Waals surface area (Å²) in [6.45, 7) is 6.94. The molecule has 1 atom stereocenters. The maximum atomic E-state index is 11.9. The van der Waals surface area contributed by atoms with Gasteiger partial charge in [-0.3, -0.25) is 9.59 Å². The van der Waals surface area contributed by atoms with Crippen LogP contribution >= 0.6 is 11.8 Å². The quantitative estimate of drug-likeness (QED) is 0.708. The first-order valence-corrected chi connectivity index (χ1v) is 8.23. The lowest BCUT2D eigenvalue weighted by atomic mass is 10.1. The molecule has 1 aliphatic carbocycles. The number of allylic oxidation sites excluding steroid dienone is 3. The van der Waals surface area contributed by atoms with E-state index in [9.17, 15) is 9.59 Å². The first-order valence-electron chi connectivity index (χ1n) is 7.24. The minimum Gasteiger partial charge on any atom is -0.354 e. The van der Waals surface area contributed by atoms with Gasteiger partial charge in [-0.15, -0.1) is 11.8 Å². The Hall–Kier alpha value is -1.33. The van der Waals surface area contributed by atoms with Crippen molar-refractivity contribution in [3.8, 4) is 0 Å². The molecule has 0 bridgehead atoms. The van der Waals surface area contributed by atoms with Crippen LogP contribution in [0.5, 0.6) is 0 Å². The van der Waals surface area contributed by atoms with Crippen molar-refractivity contribution < 1.29 is 9.59 Å². The molecule has 2 N–H and O–H groups in total. The number of carbonyl (C=O) groups is 2. The van der Waals surface area contributed by atoms with E-state index >= 15 is 0 Å². The summed E-state index contributed by atoms with van der Waals surface area (Å²) in [5, 5.41) is 5.83. The molecule has 0 aromatic carbocycles. The molecule has 1 amide bonds. The number of carbonyl (C=O) groups excluding carboxylic acids is 2. The van der Waals surface area contributed by atoms with Crippen LogP contribution in [-0.2, 0) is 9.59 Å². The zero-order valence-electron chi connectivity index (χ0n) is 13.3. The predicted molar refractivity (Wildman–Crippen MR) is 91.3 cm³/mol.